The average Bonchev–Trinajstić information content (AvgIpc) is 2.89. The van der Waals surface area contributed by atoms with E-state index in [1.165, 1.54) is 0 Å². The molecule has 0 aliphatic carbocycles. The molecule has 0 aliphatic heterocycles. The van der Waals surface area contributed by atoms with E-state index in [2.05, 4.69) is 17.3 Å². The lowest BCUT2D eigenvalue weighted by Gasteiger charge is -2.15. The zero-order valence-electron chi connectivity index (χ0n) is 10.6. The highest BCUT2D eigenvalue weighted by molar-refractivity contribution is 5.19. The van der Waals surface area contributed by atoms with Crippen LogP contribution in [-0.4, -0.2) is 21.5 Å². The predicted octanol–water partition coefficient (Wildman–Crippen LogP) is 1.73. The quantitative estimate of drug-likeness (QED) is 0.815. The second-order valence-corrected chi connectivity index (χ2v) is 4.23. The highest BCUT2D eigenvalue weighted by atomic mass is 16.3. The average molecular weight is 245 g/mol. The normalized spacial score (nSPS) is 12.6. The van der Waals surface area contributed by atoms with E-state index in [1.54, 1.807) is 0 Å². The van der Waals surface area contributed by atoms with Crippen LogP contribution in [0.4, 0.5) is 0 Å². The summed E-state index contributed by atoms with van der Waals surface area (Å²) in [6.07, 6.45) is 3.88. The lowest BCUT2D eigenvalue weighted by molar-refractivity contribution is 0.243. The third-order valence-electron chi connectivity index (χ3n) is 2.95. The van der Waals surface area contributed by atoms with Gasteiger partial charge < -0.3 is 10.4 Å². The molecular weight excluding hydrogens is 226 g/mol. The van der Waals surface area contributed by atoms with Gasteiger partial charge in [0.05, 0.1) is 18.8 Å². The van der Waals surface area contributed by atoms with Gasteiger partial charge in [0.25, 0.3) is 0 Å². The molecule has 1 aromatic heterocycles. The Morgan fingerprint density at radius 3 is 2.72 bits per heavy atom. The molecular formula is C14H19N3O. The van der Waals surface area contributed by atoms with Gasteiger partial charge in [-0.05, 0) is 12.5 Å². The van der Waals surface area contributed by atoms with Crippen molar-refractivity contribution in [1.82, 2.24) is 15.1 Å². The number of benzene rings is 1. The molecule has 4 nitrogen and oxygen atoms in total. The highest BCUT2D eigenvalue weighted by Gasteiger charge is 2.09. The number of rotatable bonds is 6. The van der Waals surface area contributed by atoms with E-state index in [4.69, 9.17) is 0 Å². The van der Waals surface area contributed by atoms with E-state index in [-0.39, 0.29) is 12.6 Å². The minimum Gasteiger partial charge on any atom is -0.394 e. The van der Waals surface area contributed by atoms with Crippen LogP contribution in [-0.2, 0) is 13.1 Å². The molecule has 18 heavy (non-hydrogen) atoms. The summed E-state index contributed by atoms with van der Waals surface area (Å²) in [5.74, 6) is 0. The van der Waals surface area contributed by atoms with Gasteiger partial charge in [-0.3, -0.25) is 4.68 Å². The molecule has 0 amide bonds. The number of hydrogen-bond acceptors (Lipinski definition) is 3. The molecule has 0 saturated heterocycles. The van der Waals surface area contributed by atoms with Gasteiger partial charge in [0.2, 0.25) is 0 Å². The molecule has 0 saturated carbocycles. The summed E-state index contributed by atoms with van der Waals surface area (Å²) in [5, 5.41) is 17.0. The Balaban J connectivity index is 1.95. The lowest BCUT2D eigenvalue weighted by Crippen LogP contribution is -2.23. The van der Waals surface area contributed by atoms with E-state index < -0.39 is 0 Å². The Bertz CT molecular complexity index is 467. The zero-order chi connectivity index (χ0) is 12.8. The van der Waals surface area contributed by atoms with E-state index in [0.29, 0.717) is 6.54 Å². The Morgan fingerprint density at radius 1 is 1.33 bits per heavy atom. The molecule has 0 spiro atoms. The van der Waals surface area contributed by atoms with Crippen LogP contribution < -0.4 is 5.32 Å². The van der Waals surface area contributed by atoms with Crippen LogP contribution in [0, 0.1) is 0 Å². The molecule has 1 heterocycles. The minimum atomic E-state index is -0.0313. The molecule has 2 N–H and O–H groups in total. The minimum absolute atomic E-state index is 0.0313. The van der Waals surface area contributed by atoms with E-state index in [9.17, 15) is 5.11 Å². The maximum atomic E-state index is 9.43. The van der Waals surface area contributed by atoms with E-state index in [0.717, 1.165) is 17.7 Å². The van der Waals surface area contributed by atoms with Gasteiger partial charge in [-0.2, -0.15) is 5.10 Å². The van der Waals surface area contributed by atoms with Crippen molar-refractivity contribution in [3.8, 4) is 0 Å². The SMILES string of the molecule is CCn1cc(CN[C@@H](CO)c2ccccc2)cn1. The van der Waals surface area contributed by atoms with Gasteiger partial charge in [0, 0.05) is 24.8 Å². The van der Waals surface area contributed by atoms with Crippen molar-refractivity contribution in [3.63, 3.8) is 0 Å². The second-order valence-electron chi connectivity index (χ2n) is 4.23. The van der Waals surface area contributed by atoms with E-state index >= 15 is 0 Å². The summed E-state index contributed by atoms with van der Waals surface area (Å²) < 4.78 is 1.90. The summed E-state index contributed by atoms with van der Waals surface area (Å²) in [5.41, 5.74) is 2.23. The maximum Gasteiger partial charge on any atom is 0.0626 e. The third kappa shape index (κ3) is 3.18. The third-order valence-corrected chi connectivity index (χ3v) is 2.95. The number of aryl methyl sites for hydroxylation is 1. The van der Waals surface area contributed by atoms with Crippen molar-refractivity contribution in [2.75, 3.05) is 6.61 Å². The number of aliphatic hydroxyl groups excluding tert-OH is 1. The van der Waals surface area contributed by atoms with Crippen LogP contribution in [0.3, 0.4) is 0 Å². The molecule has 4 heteroatoms. The lowest BCUT2D eigenvalue weighted by atomic mass is 10.1. The topological polar surface area (TPSA) is 50.1 Å². The summed E-state index contributed by atoms with van der Waals surface area (Å²) in [6.45, 7) is 3.73. The van der Waals surface area contributed by atoms with Crippen molar-refractivity contribution in [2.45, 2.75) is 26.1 Å². The van der Waals surface area contributed by atoms with Crippen LogP contribution in [0.2, 0.25) is 0 Å². The van der Waals surface area contributed by atoms with Crippen molar-refractivity contribution >= 4 is 0 Å². The molecule has 2 rings (SSSR count). The highest BCUT2D eigenvalue weighted by Crippen LogP contribution is 2.12. The Labute approximate surface area is 107 Å². The fourth-order valence-corrected chi connectivity index (χ4v) is 1.88. The first-order valence-corrected chi connectivity index (χ1v) is 6.24. The van der Waals surface area contributed by atoms with Gasteiger partial charge in [0.15, 0.2) is 0 Å². The molecule has 0 bridgehead atoms. The van der Waals surface area contributed by atoms with Crippen molar-refractivity contribution < 1.29 is 5.11 Å². The molecule has 1 aromatic carbocycles. The smallest absolute Gasteiger partial charge is 0.0626 e. The Morgan fingerprint density at radius 2 is 2.11 bits per heavy atom. The fourth-order valence-electron chi connectivity index (χ4n) is 1.88. The summed E-state index contributed by atoms with van der Waals surface area (Å²) in [4.78, 5) is 0. The largest absolute Gasteiger partial charge is 0.394 e. The van der Waals surface area contributed by atoms with Crippen LogP contribution in [0.5, 0.6) is 0 Å². The molecule has 0 unspecified atom stereocenters. The Kier molecular flexibility index (Phi) is 4.50. The first-order chi connectivity index (χ1) is 8.83. The second kappa shape index (κ2) is 6.33. The van der Waals surface area contributed by atoms with Gasteiger partial charge >= 0.3 is 0 Å². The predicted molar refractivity (Wildman–Crippen MR) is 71.0 cm³/mol. The van der Waals surface area contributed by atoms with Crippen molar-refractivity contribution in [1.29, 1.82) is 0 Å². The molecule has 0 aliphatic rings. The molecule has 0 radical (unpaired) electrons. The van der Waals surface area contributed by atoms with Crippen LogP contribution in [0.1, 0.15) is 24.1 Å². The number of nitrogens with zero attached hydrogens (tertiary/aromatic N) is 2. The first-order valence-electron chi connectivity index (χ1n) is 6.24. The number of hydrogen-bond donors (Lipinski definition) is 2. The zero-order valence-corrected chi connectivity index (χ0v) is 10.6. The summed E-state index contributed by atoms with van der Waals surface area (Å²) in [6, 6.07) is 9.94. The molecule has 2 aromatic rings. The van der Waals surface area contributed by atoms with Gasteiger partial charge in [-0.25, -0.2) is 0 Å². The standard InChI is InChI=1S/C14H19N3O/c1-2-17-10-12(9-16-17)8-15-14(11-18)13-6-4-3-5-7-13/h3-7,9-10,14-15,18H,2,8,11H2,1H3/t14-/m0/s1. The van der Waals surface area contributed by atoms with Crippen molar-refractivity contribution in [3.05, 3.63) is 53.9 Å². The van der Waals surface area contributed by atoms with E-state index in [1.807, 2.05) is 47.4 Å². The fraction of sp³-hybridized carbons (Fsp3) is 0.357. The summed E-state index contributed by atoms with van der Waals surface area (Å²) >= 11 is 0. The Hall–Kier alpha value is -1.65. The number of aromatic nitrogens is 2. The first kappa shape index (κ1) is 12.8. The maximum absolute atomic E-state index is 9.43. The van der Waals surface area contributed by atoms with Gasteiger partial charge in [0.1, 0.15) is 0 Å². The van der Waals surface area contributed by atoms with Crippen LogP contribution >= 0.6 is 0 Å². The van der Waals surface area contributed by atoms with Crippen molar-refractivity contribution in [2.24, 2.45) is 0 Å². The molecule has 0 fully saturated rings. The van der Waals surface area contributed by atoms with Crippen LogP contribution in [0.15, 0.2) is 42.7 Å². The molecule has 1 atom stereocenters. The van der Waals surface area contributed by atoms with Gasteiger partial charge in [-0.1, -0.05) is 30.3 Å². The van der Waals surface area contributed by atoms with Crippen LogP contribution in [0.25, 0.3) is 0 Å². The monoisotopic (exact) mass is 245 g/mol. The number of nitrogens with one attached hydrogen (secondary N) is 1. The summed E-state index contributed by atoms with van der Waals surface area (Å²) in [7, 11) is 0. The molecule has 96 valence electrons. The number of aliphatic hydroxyl groups is 1. The van der Waals surface area contributed by atoms with Gasteiger partial charge in [-0.15, -0.1) is 0 Å².